The van der Waals surface area contributed by atoms with E-state index < -0.39 is 10.0 Å². The zero-order valence-corrected chi connectivity index (χ0v) is 12.5. The molecule has 2 N–H and O–H groups in total. The number of nitrogens with one attached hydrogen (secondary N) is 2. The summed E-state index contributed by atoms with van der Waals surface area (Å²) in [5.74, 6) is -0.0386. The van der Waals surface area contributed by atoms with Crippen LogP contribution in [0.5, 0.6) is 0 Å². The van der Waals surface area contributed by atoms with Crippen molar-refractivity contribution in [2.75, 3.05) is 30.7 Å². The average molecular weight is 286 g/mol. The van der Waals surface area contributed by atoms with Crippen molar-refractivity contribution in [2.24, 2.45) is 0 Å². The van der Waals surface area contributed by atoms with Crippen molar-refractivity contribution in [3.8, 4) is 0 Å². The minimum atomic E-state index is -3.37. The SMILES string of the molecule is CCOCCS(=O)(=O)Nc1ccccc1C(C)NC. The molecular formula is C13H22N2O3S. The van der Waals surface area contributed by atoms with Crippen LogP contribution in [-0.4, -0.2) is 34.4 Å². The second-order valence-electron chi connectivity index (χ2n) is 4.22. The van der Waals surface area contributed by atoms with Crippen molar-refractivity contribution in [1.82, 2.24) is 5.32 Å². The van der Waals surface area contributed by atoms with Gasteiger partial charge in [-0.05, 0) is 32.5 Å². The fraction of sp³-hybridized carbons (Fsp3) is 0.538. The molecule has 1 rings (SSSR count). The molecule has 1 aromatic carbocycles. The number of hydrogen-bond donors (Lipinski definition) is 2. The molecule has 0 radical (unpaired) electrons. The molecule has 1 unspecified atom stereocenters. The van der Waals surface area contributed by atoms with Crippen molar-refractivity contribution in [3.05, 3.63) is 29.8 Å². The quantitative estimate of drug-likeness (QED) is 0.714. The molecule has 19 heavy (non-hydrogen) atoms. The van der Waals surface area contributed by atoms with Gasteiger partial charge in [0.15, 0.2) is 0 Å². The summed E-state index contributed by atoms with van der Waals surface area (Å²) >= 11 is 0. The highest BCUT2D eigenvalue weighted by Gasteiger charge is 2.14. The second kappa shape index (κ2) is 7.47. The van der Waals surface area contributed by atoms with Gasteiger partial charge >= 0.3 is 0 Å². The van der Waals surface area contributed by atoms with E-state index in [1.54, 1.807) is 6.07 Å². The number of para-hydroxylation sites is 1. The third-order valence-electron chi connectivity index (χ3n) is 2.83. The van der Waals surface area contributed by atoms with E-state index in [2.05, 4.69) is 10.0 Å². The molecule has 5 nitrogen and oxygen atoms in total. The molecule has 1 atom stereocenters. The monoisotopic (exact) mass is 286 g/mol. The van der Waals surface area contributed by atoms with Gasteiger partial charge in [0, 0.05) is 12.6 Å². The van der Waals surface area contributed by atoms with Gasteiger partial charge in [0.2, 0.25) is 10.0 Å². The first kappa shape index (κ1) is 15.9. The number of hydrogen-bond acceptors (Lipinski definition) is 4. The molecule has 6 heteroatoms. The molecule has 0 saturated heterocycles. The standard InChI is InChI=1S/C13H22N2O3S/c1-4-18-9-10-19(16,17)15-13-8-6-5-7-12(13)11(2)14-3/h5-8,11,14-15H,4,9-10H2,1-3H3. The molecule has 0 heterocycles. The third-order valence-corrected chi connectivity index (χ3v) is 4.06. The van der Waals surface area contributed by atoms with Crippen molar-refractivity contribution < 1.29 is 13.2 Å². The van der Waals surface area contributed by atoms with Gasteiger partial charge in [-0.1, -0.05) is 18.2 Å². The van der Waals surface area contributed by atoms with E-state index in [9.17, 15) is 8.42 Å². The molecule has 0 spiro atoms. The number of benzene rings is 1. The summed E-state index contributed by atoms with van der Waals surface area (Å²) in [6.45, 7) is 4.54. The second-order valence-corrected chi connectivity index (χ2v) is 6.06. The number of sulfonamides is 1. The normalized spacial score (nSPS) is 13.2. The molecule has 0 amide bonds. The van der Waals surface area contributed by atoms with Crippen molar-refractivity contribution in [1.29, 1.82) is 0 Å². The lowest BCUT2D eigenvalue weighted by Gasteiger charge is -2.17. The Morgan fingerprint density at radius 1 is 1.32 bits per heavy atom. The van der Waals surface area contributed by atoms with Crippen LogP contribution in [-0.2, 0) is 14.8 Å². The van der Waals surface area contributed by atoms with Crippen molar-refractivity contribution in [3.63, 3.8) is 0 Å². The fourth-order valence-corrected chi connectivity index (χ4v) is 2.61. The largest absolute Gasteiger partial charge is 0.381 e. The van der Waals surface area contributed by atoms with Crippen LogP contribution < -0.4 is 10.0 Å². The molecule has 0 aliphatic heterocycles. The zero-order chi connectivity index (χ0) is 14.3. The maximum absolute atomic E-state index is 11.9. The Morgan fingerprint density at radius 2 is 2.00 bits per heavy atom. The highest BCUT2D eigenvalue weighted by Crippen LogP contribution is 2.23. The first-order valence-corrected chi connectivity index (χ1v) is 7.99. The summed E-state index contributed by atoms with van der Waals surface area (Å²) in [6, 6.07) is 7.45. The van der Waals surface area contributed by atoms with Gasteiger partial charge in [-0.3, -0.25) is 4.72 Å². The van der Waals surface area contributed by atoms with Crippen molar-refractivity contribution >= 4 is 15.7 Å². The first-order chi connectivity index (χ1) is 9.00. The first-order valence-electron chi connectivity index (χ1n) is 6.34. The van der Waals surface area contributed by atoms with E-state index in [0.717, 1.165) is 5.56 Å². The highest BCUT2D eigenvalue weighted by molar-refractivity contribution is 7.92. The minimum absolute atomic E-state index is 0.0386. The highest BCUT2D eigenvalue weighted by atomic mass is 32.2. The lowest BCUT2D eigenvalue weighted by Crippen LogP contribution is -2.22. The summed E-state index contributed by atoms with van der Waals surface area (Å²) < 4.78 is 31.5. The van der Waals surface area contributed by atoms with E-state index in [-0.39, 0.29) is 18.4 Å². The predicted molar refractivity (Wildman–Crippen MR) is 77.8 cm³/mol. The summed E-state index contributed by atoms with van der Waals surface area (Å²) in [5.41, 5.74) is 1.53. The Balaban J connectivity index is 2.81. The molecule has 0 aromatic heterocycles. The molecule has 0 fully saturated rings. The van der Waals surface area contributed by atoms with Crippen LogP contribution in [0.3, 0.4) is 0 Å². The Bertz CT molecular complexity index is 488. The van der Waals surface area contributed by atoms with E-state index in [1.165, 1.54) is 0 Å². The van der Waals surface area contributed by atoms with Crippen LogP contribution in [0.1, 0.15) is 25.5 Å². The van der Waals surface area contributed by atoms with E-state index in [4.69, 9.17) is 4.74 Å². The van der Waals surface area contributed by atoms with Gasteiger partial charge in [-0.15, -0.1) is 0 Å². The van der Waals surface area contributed by atoms with Gasteiger partial charge in [-0.25, -0.2) is 8.42 Å². The van der Waals surface area contributed by atoms with Crippen LogP contribution in [0.4, 0.5) is 5.69 Å². The minimum Gasteiger partial charge on any atom is -0.381 e. The van der Waals surface area contributed by atoms with Crippen LogP contribution in [0.25, 0.3) is 0 Å². The van der Waals surface area contributed by atoms with Gasteiger partial charge in [0.25, 0.3) is 0 Å². The van der Waals surface area contributed by atoms with Crippen molar-refractivity contribution in [2.45, 2.75) is 19.9 Å². The fourth-order valence-electron chi connectivity index (χ4n) is 1.65. The third kappa shape index (κ3) is 5.18. The van der Waals surface area contributed by atoms with Crippen LogP contribution in [0, 0.1) is 0 Å². The Morgan fingerprint density at radius 3 is 2.63 bits per heavy atom. The predicted octanol–water partition coefficient (Wildman–Crippen LogP) is 1.75. The maximum atomic E-state index is 11.9. The van der Waals surface area contributed by atoms with Crippen LogP contribution in [0.15, 0.2) is 24.3 Å². The molecule has 0 saturated carbocycles. The molecule has 0 bridgehead atoms. The summed E-state index contributed by atoms with van der Waals surface area (Å²) in [4.78, 5) is 0. The molecule has 108 valence electrons. The smallest absolute Gasteiger partial charge is 0.235 e. The van der Waals surface area contributed by atoms with Gasteiger partial charge in [0.1, 0.15) is 0 Å². The van der Waals surface area contributed by atoms with Crippen LogP contribution in [0.2, 0.25) is 0 Å². The molecular weight excluding hydrogens is 264 g/mol. The molecule has 0 aliphatic rings. The summed E-state index contributed by atoms with van der Waals surface area (Å²) in [5, 5.41) is 3.10. The molecule has 0 aliphatic carbocycles. The zero-order valence-electron chi connectivity index (χ0n) is 11.6. The Labute approximate surface area is 115 Å². The average Bonchev–Trinajstić information content (AvgIpc) is 2.38. The van der Waals surface area contributed by atoms with E-state index in [0.29, 0.717) is 12.3 Å². The number of rotatable bonds is 8. The summed E-state index contributed by atoms with van der Waals surface area (Å²) in [6.07, 6.45) is 0. The summed E-state index contributed by atoms with van der Waals surface area (Å²) in [7, 11) is -1.54. The number of anilines is 1. The van der Waals surface area contributed by atoms with Gasteiger partial charge < -0.3 is 10.1 Å². The molecule has 1 aromatic rings. The van der Waals surface area contributed by atoms with Gasteiger partial charge in [-0.2, -0.15) is 0 Å². The van der Waals surface area contributed by atoms with E-state index in [1.807, 2.05) is 39.1 Å². The maximum Gasteiger partial charge on any atom is 0.235 e. The van der Waals surface area contributed by atoms with Gasteiger partial charge in [0.05, 0.1) is 18.0 Å². The lowest BCUT2D eigenvalue weighted by molar-refractivity contribution is 0.163. The topological polar surface area (TPSA) is 67.4 Å². The Hall–Kier alpha value is -1.11. The lowest BCUT2D eigenvalue weighted by atomic mass is 10.1. The number of ether oxygens (including phenoxy) is 1. The van der Waals surface area contributed by atoms with Crippen LogP contribution >= 0.6 is 0 Å². The Kier molecular flexibility index (Phi) is 6.27. The van der Waals surface area contributed by atoms with E-state index >= 15 is 0 Å².